The molecule has 1 fully saturated rings. The summed E-state index contributed by atoms with van der Waals surface area (Å²) in [6, 6.07) is 13.5. The molecule has 1 saturated heterocycles. The molecule has 0 atom stereocenters. The molecular weight excluding hydrogens is 433 g/mol. The van der Waals surface area contributed by atoms with Crippen LogP contribution in [0.2, 0.25) is 0 Å². The lowest BCUT2D eigenvalue weighted by Crippen LogP contribution is -2.35. The van der Waals surface area contributed by atoms with Crippen LogP contribution in [0.15, 0.2) is 54.2 Å². The molecule has 1 N–H and O–H groups in total. The van der Waals surface area contributed by atoms with Crippen LogP contribution in [-0.4, -0.2) is 49.1 Å². The number of imide groups is 1. The zero-order valence-electron chi connectivity index (χ0n) is 20.0. The van der Waals surface area contributed by atoms with Crippen molar-refractivity contribution in [2.45, 2.75) is 39.7 Å². The number of rotatable bonds is 8. The molecule has 2 aliphatic rings. The van der Waals surface area contributed by atoms with Gasteiger partial charge in [0.05, 0.1) is 24.8 Å². The fourth-order valence-electron chi connectivity index (χ4n) is 4.33. The van der Waals surface area contributed by atoms with Crippen LogP contribution in [0.5, 0.6) is 0 Å². The van der Waals surface area contributed by atoms with Crippen LogP contribution in [0, 0.1) is 11.7 Å². The Labute approximate surface area is 200 Å². The van der Waals surface area contributed by atoms with Crippen molar-refractivity contribution < 1.29 is 18.7 Å². The van der Waals surface area contributed by atoms with Gasteiger partial charge in [-0.05, 0) is 74.6 Å². The number of halogens is 1. The van der Waals surface area contributed by atoms with Crippen molar-refractivity contribution in [3.8, 4) is 0 Å². The number of benzene rings is 2. The molecule has 0 radical (unpaired) electrons. The minimum atomic E-state index is -0.412. The van der Waals surface area contributed by atoms with E-state index in [1.807, 2.05) is 38.1 Å². The lowest BCUT2D eigenvalue weighted by atomic mass is 9.99. The molecule has 0 saturated carbocycles. The topological polar surface area (TPSA) is 61.9 Å². The van der Waals surface area contributed by atoms with Crippen molar-refractivity contribution in [1.82, 2.24) is 4.90 Å². The molecule has 34 heavy (non-hydrogen) atoms. The summed E-state index contributed by atoms with van der Waals surface area (Å²) in [6.45, 7) is 8.56. The molecule has 2 aromatic carbocycles. The average Bonchev–Trinajstić information content (AvgIpc) is 3.05. The number of anilines is 2. The highest BCUT2D eigenvalue weighted by Crippen LogP contribution is 2.31. The van der Waals surface area contributed by atoms with Crippen LogP contribution in [-0.2, 0) is 14.3 Å². The Morgan fingerprint density at radius 2 is 1.65 bits per heavy atom. The molecule has 2 amide bonds. The summed E-state index contributed by atoms with van der Waals surface area (Å²) in [4.78, 5) is 30.0. The summed E-state index contributed by atoms with van der Waals surface area (Å²) in [6.07, 6.45) is 2.36. The maximum Gasteiger partial charge on any atom is 0.278 e. The largest absolute Gasteiger partial charge is 0.377 e. The second-order valence-electron chi connectivity index (χ2n) is 9.28. The summed E-state index contributed by atoms with van der Waals surface area (Å²) >= 11 is 0. The van der Waals surface area contributed by atoms with Crippen LogP contribution in [0.25, 0.3) is 5.57 Å². The molecule has 6 nitrogen and oxygen atoms in total. The number of hydrogen-bond donors (Lipinski definition) is 1. The first-order valence-corrected chi connectivity index (χ1v) is 11.9. The van der Waals surface area contributed by atoms with E-state index in [-0.39, 0.29) is 30.5 Å². The van der Waals surface area contributed by atoms with Gasteiger partial charge in [0.2, 0.25) is 0 Å². The van der Waals surface area contributed by atoms with Crippen molar-refractivity contribution in [2.24, 2.45) is 5.92 Å². The minimum Gasteiger partial charge on any atom is -0.377 e. The Morgan fingerprint density at radius 3 is 2.26 bits per heavy atom. The Hall–Kier alpha value is -3.19. The van der Waals surface area contributed by atoms with Gasteiger partial charge in [-0.2, -0.15) is 0 Å². The number of carbonyl (C=O) groups is 2. The van der Waals surface area contributed by atoms with Gasteiger partial charge in [-0.25, -0.2) is 4.39 Å². The first kappa shape index (κ1) is 24.0. The number of carbonyl (C=O) groups excluding carboxylic acids is 2. The van der Waals surface area contributed by atoms with E-state index < -0.39 is 17.6 Å². The van der Waals surface area contributed by atoms with E-state index in [0.29, 0.717) is 11.3 Å². The van der Waals surface area contributed by atoms with Crippen LogP contribution in [0.3, 0.4) is 0 Å². The maximum absolute atomic E-state index is 13.5. The molecule has 4 rings (SSSR count). The van der Waals surface area contributed by atoms with Gasteiger partial charge in [-0.3, -0.25) is 14.5 Å². The summed E-state index contributed by atoms with van der Waals surface area (Å²) < 4.78 is 19.1. The van der Waals surface area contributed by atoms with Gasteiger partial charge < -0.3 is 15.0 Å². The Balaban J connectivity index is 1.57. The summed E-state index contributed by atoms with van der Waals surface area (Å²) in [7, 11) is 0. The molecule has 0 unspecified atom stereocenters. The summed E-state index contributed by atoms with van der Waals surface area (Å²) in [5, 5.41) is 3.17. The third kappa shape index (κ3) is 5.30. The normalized spacial score (nSPS) is 17.3. The first-order valence-electron chi connectivity index (χ1n) is 11.9. The van der Waals surface area contributed by atoms with Crippen LogP contribution in [0.1, 0.15) is 39.2 Å². The van der Waals surface area contributed by atoms with E-state index in [1.165, 1.54) is 42.0 Å². The monoisotopic (exact) mass is 465 g/mol. The zero-order chi connectivity index (χ0) is 24.2. The molecule has 0 bridgehead atoms. The number of ether oxygens (including phenoxy) is 1. The van der Waals surface area contributed by atoms with Gasteiger partial charge in [-0.1, -0.05) is 19.1 Å². The molecule has 0 aliphatic carbocycles. The van der Waals surface area contributed by atoms with E-state index in [2.05, 4.69) is 17.1 Å². The quantitative estimate of drug-likeness (QED) is 0.574. The SMILES string of the molecule is CC1CCN(c2ccc(NC3=C(c4ccc(F)cc4)C(=O)N(CCOC(C)C)C3=O)cc2)CC1. The highest BCUT2D eigenvalue weighted by Gasteiger charge is 2.39. The summed E-state index contributed by atoms with van der Waals surface area (Å²) in [5.74, 6) is -0.467. The van der Waals surface area contributed by atoms with Crippen molar-refractivity contribution in [1.29, 1.82) is 0 Å². The van der Waals surface area contributed by atoms with E-state index in [4.69, 9.17) is 4.74 Å². The zero-order valence-corrected chi connectivity index (χ0v) is 20.0. The van der Waals surface area contributed by atoms with Crippen molar-refractivity contribution in [3.63, 3.8) is 0 Å². The van der Waals surface area contributed by atoms with Gasteiger partial charge in [-0.15, -0.1) is 0 Å². The van der Waals surface area contributed by atoms with E-state index in [1.54, 1.807) is 0 Å². The molecule has 2 heterocycles. The van der Waals surface area contributed by atoms with Crippen molar-refractivity contribution in [3.05, 3.63) is 65.6 Å². The van der Waals surface area contributed by atoms with Gasteiger partial charge >= 0.3 is 0 Å². The molecule has 0 aromatic heterocycles. The molecule has 2 aromatic rings. The van der Waals surface area contributed by atoms with Gasteiger partial charge in [0.1, 0.15) is 11.5 Å². The highest BCUT2D eigenvalue weighted by molar-refractivity contribution is 6.36. The molecule has 7 heteroatoms. The lowest BCUT2D eigenvalue weighted by molar-refractivity contribution is -0.137. The maximum atomic E-state index is 13.5. The Kier molecular flexibility index (Phi) is 7.32. The van der Waals surface area contributed by atoms with E-state index in [9.17, 15) is 14.0 Å². The average molecular weight is 466 g/mol. The number of nitrogens with zero attached hydrogens (tertiary/aromatic N) is 2. The first-order chi connectivity index (χ1) is 16.3. The number of amides is 2. The van der Waals surface area contributed by atoms with Gasteiger partial charge in [0, 0.05) is 24.5 Å². The molecular formula is C27H32FN3O3. The molecule has 2 aliphatic heterocycles. The van der Waals surface area contributed by atoms with E-state index >= 15 is 0 Å². The predicted molar refractivity (Wildman–Crippen MR) is 132 cm³/mol. The Bertz CT molecular complexity index is 1060. The van der Waals surface area contributed by atoms with Crippen LogP contribution >= 0.6 is 0 Å². The molecule has 0 spiro atoms. The van der Waals surface area contributed by atoms with Gasteiger partial charge in [0.25, 0.3) is 11.8 Å². The molecule has 180 valence electrons. The Morgan fingerprint density at radius 1 is 1.00 bits per heavy atom. The number of hydrogen-bond acceptors (Lipinski definition) is 5. The number of piperidine rings is 1. The van der Waals surface area contributed by atoms with Gasteiger partial charge in [0.15, 0.2) is 0 Å². The van der Waals surface area contributed by atoms with Crippen molar-refractivity contribution >= 4 is 28.8 Å². The predicted octanol–water partition coefficient (Wildman–Crippen LogP) is 4.68. The second-order valence-corrected chi connectivity index (χ2v) is 9.28. The fourth-order valence-corrected chi connectivity index (χ4v) is 4.33. The minimum absolute atomic E-state index is 0.00318. The fraction of sp³-hybridized carbons (Fsp3) is 0.407. The second kappa shape index (κ2) is 10.4. The third-order valence-electron chi connectivity index (χ3n) is 6.35. The van der Waals surface area contributed by atoms with Crippen LogP contribution < -0.4 is 10.2 Å². The highest BCUT2D eigenvalue weighted by atomic mass is 19.1. The van der Waals surface area contributed by atoms with E-state index in [0.717, 1.165) is 24.7 Å². The number of nitrogens with one attached hydrogen (secondary N) is 1. The smallest absolute Gasteiger partial charge is 0.278 e. The van der Waals surface area contributed by atoms with Crippen molar-refractivity contribution in [2.75, 3.05) is 36.5 Å². The standard InChI is InChI=1S/C27H32FN3O3/c1-18(2)34-17-16-31-26(32)24(20-4-6-21(28)7-5-20)25(27(31)33)29-22-8-10-23(11-9-22)30-14-12-19(3)13-15-30/h4-11,18-19,29H,12-17H2,1-3H3. The van der Waals surface area contributed by atoms with Crippen LogP contribution in [0.4, 0.5) is 15.8 Å². The third-order valence-corrected chi connectivity index (χ3v) is 6.35. The lowest BCUT2D eigenvalue weighted by Gasteiger charge is -2.32. The summed E-state index contributed by atoms with van der Waals surface area (Å²) in [5.41, 5.74) is 2.79.